The second kappa shape index (κ2) is 58.3. The summed E-state index contributed by atoms with van der Waals surface area (Å²) in [7, 11) is -4.76. The second-order valence-corrected chi connectivity index (χ2v) is 22.3. The fraction of sp³-hybridized carbons (Fsp3) is 0.797. The van der Waals surface area contributed by atoms with Gasteiger partial charge in [0.1, 0.15) is 12.7 Å². The van der Waals surface area contributed by atoms with Gasteiger partial charge in [-0.3, -0.25) is 23.4 Å². The maximum atomic E-state index is 12.9. The number of aliphatic hydroxyl groups excluding tert-OH is 1. The molecule has 0 heterocycles. The van der Waals surface area contributed by atoms with Gasteiger partial charge in [-0.1, -0.05) is 248 Å². The van der Waals surface area contributed by atoms with Gasteiger partial charge in [0.05, 0.1) is 19.8 Å². The van der Waals surface area contributed by atoms with Crippen LogP contribution in [0.2, 0.25) is 0 Å². The highest BCUT2D eigenvalue weighted by molar-refractivity contribution is 7.47. The molecule has 12 heteroatoms. The largest absolute Gasteiger partial charge is 0.472 e. The molecular weight excluding hydrogens is 976 g/mol. The van der Waals surface area contributed by atoms with E-state index in [0.29, 0.717) is 19.3 Å². The molecule has 0 fully saturated rings. The summed E-state index contributed by atoms with van der Waals surface area (Å²) in [4.78, 5) is 48.7. The van der Waals surface area contributed by atoms with Crippen molar-refractivity contribution in [2.24, 2.45) is 0 Å². The van der Waals surface area contributed by atoms with Crippen molar-refractivity contribution in [3.8, 4) is 0 Å². The van der Waals surface area contributed by atoms with Crippen molar-refractivity contribution in [2.45, 2.75) is 303 Å². The number of phosphoric ester groups is 1. The van der Waals surface area contributed by atoms with Gasteiger partial charge >= 0.3 is 25.7 Å². The number of hydrogen-bond donors (Lipinski definition) is 2. The molecule has 0 aromatic heterocycles. The molecule has 0 rings (SSSR count). The highest BCUT2D eigenvalue weighted by Crippen LogP contribution is 2.43. The van der Waals surface area contributed by atoms with Crippen molar-refractivity contribution < 1.29 is 52.2 Å². The summed E-state index contributed by atoms with van der Waals surface area (Å²) < 4.78 is 39.6. The minimum atomic E-state index is -4.76. The Kier molecular flexibility index (Phi) is 56.2. The lowest BCUT2D eigenvalue weighted by molar-refractivity contribution is -0.161. The van der Waals surface area contributed by atoms with Crippen molar-refractivity contribution in [2.75, 3.05) is 26.4 Å². The number of aliphatic hydroxyl groups is 1. The molecule has 2 N–H and O–H groups in total. The van der Waals surface area contributed by atoms with Gasteiger partial charge in [-0.25, -0.2) is 4.57 Å². The van der Waals surface area contributed by atoms with Crippen molar-refractivity contribution in [3.63, 3.8) is 0 Å². The molecule has 0 radical (unpaired) electrons. The standard InChI is InChI=1S/C64H115O11P/c1-4-7-10-13-16-19-22-25-28-30-33-35-38-41-44-47-50-53-62(66)71-57-61(75-64(68)55-52-49-46-43-40-37-34-31-29-26-23-20-17-14-11-8-5-2)59-73-76(69,70)72-58-60(56-65)74-63(67)54-51-48-45-42-39-36-32-27-24-21-18-15-12-9-6-3/h7,10,16,18-19,21,25,27-28,32,60-61,65H,4-6,8-9,11-15,17,20,22-24,26,29-31,33-59H2,1-3H3,(H,69,70)/b10-7-,19-16-,21-18-,28-25-,32-27-. The minimum absolute atomic E-state index is 0.161. The summed E-state index contributed by atoms with van der Waals surface area (Å²) in [6, 6.07) is 0. The van der Waals surface area contributed by atoms with Crippen LogP contribution in [0.4, 0.5) is 0 Å². The molecule has 0 aliphatic carbocycles. The third kappa shape index (κ3) is 55.9. The Balaban J connectivity index is 4.71. The van der Waals surface area contributed by atoms with Gasteiger partial charge in [0.2, 0.25) is 0 Å². The quantitative estimate of drug-likeness (QED) is 0.0197. The van der Waals surface area contributed by atoms with Gasteiger partial charge in [0.25, 0.3) is 0 Å². The number of hydrogen-bond acceptors (Lipinski definition) is 10. The fourth-order valence-corrected chi connectivity index (χ4v) is 9.48. The number of carbonyl (C=O) groups is 3. The highest BCUT2D eigenvalue weighted by Gasteiger charge is 2.28. The maximum absolute atomic E-state index is 12.9. The number of rotatable bonds is 58. The molecule has 3 unspecified atom stereocenters. The Labute approximate surface area is 465 Å². The van der Waals surface area contributed by atoms with Gasteiger partial charge in [0, 0.05) is 19.3 Å². The Morgan fingerprint density at radius 1 is 0.382 bits per heavy atom. The molecule has 76 heavy (non-hydrogen) atoms. The third-order valence-corrected chi connectivity index (χ3v) is 14.4. The molecule has 0 saturated heterocycles. The molecule has 0 aromatic carbocycles. The van der Waals surface area contributed by atoms with Crippen molar-refractivity contribution >= 4 is 25.7 Å². The van der Waals surface area contributed by atoms with Crippen LogP contribution in [0.1, 0.15) is 290 Å². The molecule has 442 valence electrons. The van der Waals surface area contributed by atoms with E-state index in [0.717, 1.165) is 116 Å². The predicted molar refractivity (Wildman–Crippen MR) is 316 cm³/mol. The van der Waals surface area contributed by atoms with E-state index in [1.807, 2.05) is 0 Å². The van der Waals surface area contributed by atoms with E-state index in [9.17, 15) is 28.9 Å². The molecule has 0 aromatic rings. The Hall–Kier alpha value is -2.82. The van der Waals surface area contributed by atoms with Gasteiger partial charge < -0.3 is 24.2 Å². The number of ether oxygens (including phenoxy) is 3. The second-order valence-electron chi connectivity index (χ2n) is 20.8. The number of esters is 3. The van der Waals surface area contributed by atoms with Crippen molar-refractivity contribution in [1.29, 1.82) is 0 Å². The summed E-state index contributed by atoms with van der Waals surface area (Å²) >= 11 is 0. The molecule has 0 bridgehead atoms. The maximum Gasteiger partial charge on any atom is 0.472 e. The first-order chi connectivity index (χ1) is 37.2. The Bertz CT molecular complexity index is 1510. The first kappa shape index (κ1) is 73.2. The van der Waals surface area contributed by atoms with Crippen LogP contribution in [-0.4, -0.2) is 66.5 Å². The smallest absolute Gasteiger partial charge is 0.462 e. The number of carbonyl (C=O) groups excluding carboxylic acids is 3. The summed E-state index contributed by atoms with van der Waals surface area (Å²) in [6.45, 7) is 4.53. The van der Waals surface area contributed by atoms with Crippen LogP contribution in [0.5, 0.6) is 0 Å². The molecule has 0 saturated carbocycles. The number of unbranched alkanes of at least 4 members (excludes halogenated alkanes) is 31. The van der Waals surface area contributed by atoms with Crippen LogP contribution in [0.3, 0.4) is 0 Å². The zero-order valence-electron chi connectivity index (χ0n) is 49.0. The van der Waals surface area contributed by atoms with E-state index in [2.05, 4.69) is 81.5 Å². The summed E-state index contributed by atoms with van der Waals surface area (Å²) in [5.74, 6) is -1.47. The third-order valence-electron chi connectivity index (χ3n) is 13.4. The van der Waals surface area contributed by atoms with Crippen LogP contribution < -0.4 is 0 Å². The summed E-state index contributed by atoms with van der Waals surface area (Å²) in [6.07, 6.45) is 64.5. The van der Waals surface area contributed by atoms with Gasteiger partial charge in [-0.15, -0.1) is 0 Å². The van der Waals surface area contributed by atoms with Gasteiger partial charge in [-0.05, 0) is 83.5 Å². The van der Waals surface area contributed by atoms with E-state index in [4.69, 9.17) is 23.3 Å². The molecular formula is C64H115O11P. The lowest BCUT2D eigenvalue weighted by atomic mass is 10.0. The molecule has 0 aliphatic heterocycles. The Morgan fingerprint density at radius 2 is 0.684 bits per heavy atom. The van der Waals surface area contributed by atoms with E-state index in [-0.39, 0.29) is 25.9 Å². The number of phosphoric acid groups is 1. The predicted octanol–water partition coefficient (Wildman–Crippen LogP) is 18.7. The lowest BCUT2D eigenvalue weighted by Gasteiger charge is -2.21. The SMILES string of the molecule is CC/C=C\C/C=C\C/C=C\CCCCCCCCCC(=O)OCC(COP(=O)(O)OCC(CO)OC(=O)CCCCCCC/C=C\C/C=C\CCCCC)OC(=O)CCCCCCCCCCCCCCCCCCC. The normalized spacial score (nSPS) is 13.7. The van der Waals surface area contributed by atoms with Crippen LogP contribution in [-0.2, 0) is 42.2 Å². The average Bonchev–Trinajstić information content (AvgIpc) is 3.41. The summed E-state index contributed by atoms with van der Waals surface area (Å²) in [5, 5.41) is 9.83. The molecule has 11 nitrogen and oxygen atoms in total. The van der Waals surface area contributed by atoms with Crippen LogP contribution >= 0.6 is 7.82 Å². The lowest BCUT2D eigenvalue weighted by Crippen LogP contribution is -2.30. The monoisotopic (exact) mass is 1090 g/mol. The van der Waals surface area contributed by atoms with Crippen molar-refractivity contribution in [3.05, 3.63) is 60.8 Å². The van der Waals surface area contributed by atoms with Crippen LogP contribution in [0.15, 0.2) is 60.8 Å². The minimum Gasteiger partial charge on any atom is -0.462 e. The number of allylic oxidation sites excluding steroid dienone is 10. The molecule has 3 atom stereocenters. The van der Waals surface area contributed by atoms with E-state index < -0.39 is 57.8 Å². The van der Waals surface area contributed by atoms with Gasteiger partial charge in [0.15, 0.2) is 6.10 Å². The first-order valence-corrected chi connectivity index (χ1v) is 32.7. The zero-order valence-corrected chi connectivity index (χ0v) is 49.9. The van der Waals surface area contributed by atoms with Gasteiger partial charge in [-0.2, -0.15) is 0 Å². The first-order valence-electron chi connectivity index (χ1n) is 31.2. The Morgan fingerprint density at radius 3 is 1.08 bits per heavy atom. The van der Waals surface area contributed by atoms with Crippen molar-refractivity contribution in [1.82, 2.24) is 0 Å². The topological polar surface area (TPSA) is 155 Å². The fourth-order valence-electron chi connectivity index (χ4n) is 8.70. The van der Waals surface area contributed by atoms with Crippen LogP contribution in [0, 0.1) is 0 Å². The molecule has 0 amide bonds. The average molecular weight is 1090 g/mol. The molecule has 0 aliphatic rings. The van der Waals surface area contributed by atoms with E-state index >= 15 is 0 Å². The summed E-state index contributed by atoms with van der Waals surface area (Å²) in [5.41, 5.74) is 0. The highest BCUT2D eigenvalue weighted by atomic mass is 31.2. The van der Waals surface area contributed by atoms with E-state index in [1.165, 1.54) is 116 Å². The van der Waals surface area contributed by atoms with E-state index in [1.54, 1.807) is 0 Å². The zero-order chi connectivity index (χ0) is 55.5. The van der Waals surface area contributed by atoms with Crippen LogP contribution in [0.25, 0.3) is 0 Å². The molecule has 0 spiro atoms.